The van der Waals surface area contributed by atoms with Crippen molar-refractivity contribution in [2.45, 2.75) is 38.8 Å². The van der Waals surface area contributed by atoms with Crippen LogP contribution in [0.4, 0.5) is 6.01 Å². The molecule has 100 valence electrons. The average molecular weight is 253 g/mol. The molecule has 1 amide bonds. The van der Waals surface area contributed by atoms with E-state index < -0.39 is 0 Å². The summed E-state index contributed by atoms with van der Waals surface area (Å²) in [6.07, 6.45) is 1.50. The van der Waals surface area contributed by atoms with Gasteiger partial charge in [-0.1, -0.05) is 12.0 Å². The third-order valence-electron chi connectivity index (χ3n) is 2.82. The molecule has 0 spiro atoms. The maximum absolute atomic E-state index is 11.0. The molecule has 0 saturated carbocycles. The van der Waals surface area contributed by atoms with Gasteiger partial charge in [0.15, 0.2) is 0 Å². The van der Waals surface area contributed by atoms with Crippen LogP contribution in [0, 0.1) is 0 Å². The summed E-state index contributed by atoms with van der Waals surface area (Å²) >= 11 is 0. The standard InChI is InChI=1S/C11H19N5O2/c1-3-4-12-7(2)10-15-16-11(18-10)14-8-5-9(17)13-6-8/h7-8,12H,3-6H2,1-2H3,(H,13,17)(H,14,16). The van der Waals surface area contributed by atoms with Gasteiger partial charge in [0.05, 0.1) is 12.1 Å². The molecule has 7 nitrogen and oxygen atoms in total. The van der Waals surface area contributed by atoms with Crippen molar-refractivity contribution < 1.29 is 9.21 Å². The van der Waals surface area contributed by atoms with Gasteiger partial charge in [0.2, 0.25) is 11.8 Å². The van der Waals surface area contributed by atoms with E-state index in [1.54, 1.807) is 0 Å². The lowest BCUT2D eigenvalue weighted by Crippen LogP contribution is -2.22. The van der Waals surface area contributed by atoms with Crippen LogP contribution in [0.2, 0.25) is 0 Å². The Balaban J connectivity index is 1.87. The number of hydrogen-bond acceptors (Lipinski definition) is 6. The second-order valence-corrected chi connectivity index (χ2v) is 4.47. The highest BCUT2D eigenvalue weighted by Crippen LogP contribution is 2.15. The summed E-state index contributed by atoms with van der Waals surface area (Å²) < 4.78 is 5.50. The minimum absolute atomic E-state index is 0.0321. The number of rotatable bonds is 6. The molecule has 1 saturated heterocycles. The zero-order chi connectivity index (χ0) is 13.0. The summed E-state index contributed by atoms with van der Waals surface area (Å²) in [6.45, 7) is 5.59. The van der Waals surface area contributed by atoms with Gasteiger partial charge in [0.25, 0.3) is 0 Å². The van der Waals surface area contributed by atoms with Crippen molar-refractivity contribution in [3.8, 4) is 0 Å². The Labute approximate surface area is 106 Å². The number of hydrogen-bond donors (Lipinski definition) is 3. The lowest BCUT2D eigenvalue weighted by molar-refractivity contribution is -0.119. The normalized spacial score (nSPS) is 20.8. The van der Waals surface area contributed by atoms with E-state index in [1.165, 1.54) is 0 Å². The molecule has 2 unspecified atom stereocenters. The fourth-order valence-electron chi connectivity index (χ4n) is 1.80. The molecule has 1 fully saturated rings. The van der Waals surface area contributed by atoms with Crippen molar-refractivity contribution in [3.05, 3.63) is 5.89 Å². The van der Waals surface area contributed by atoms with Crippen LogP contribution in [0.3, 0.4) is 0 Å². The van der Waals surface area contributed by atoms with Crippen molar-refractivity contribution in [1.82, 2.24) is 20.8 Å². The second kappa shape index (κ2) is 5.81. The molecule has 3 N–H and O–H groups in total. The van der Waals surface area contributed by atoms with Gasteiger partial charge in [0, 0.05) is 13.0 Å². The second-order valence-electron chi connectivity index (χ2n) is 4.47. The van der Waals surface area contributed by atoms with Crippen LogP contribution < -0.4 is 16.0 Å². The van der Waals surface area contributed by atoms with E-state index in [0.717, 1.165) is 13.0 Å². The summed E-state index contributed by atoms with van der Waals surface area (Å²) in [4.78, 5) is 11.0. The fraction of sp³-hybridized carbons (Fsp3) is 0.727. The summed E-state index contributed by atoms with van der Waals surface area (Å²) in [6, 6.07) is 0.442. The van der Waals surface area contributed by atoms with Gasteiger partial charge >= 0.3 is 6.01 Å². The first-order valence-corrected chi connectivity index (χ1v) is 6.29. The van der Waals surface area contributed by atoms with Crippen LogP contribution >= 0.6 is 0 Å². The van der Waals surface area contributed by atoms with Crippen LogP contribution in [-0.2, 0) is 4.79 Å². The zero-order valence-corrected chi connectivity index (χ0v) is 10.7. The van der Waals surface area contributed by atoms with E-state index in [2.05, 4.69) is 33.1 Å². The molecule has 0 aromatic carbocycles. The molecule has 1 aliphatic rings. The van der Waals surface area contributed by atoms with Gasteiger partial charge in [-0.2, -0.15) is 0 Å². The van der Waals surface area contributed by atoms with Crippen LogP contribution in [0.25, 0.3) is 0 Å². The van der Waals surface area contributed by atoms with E-state index in [4.69, 9.17) is 4.42 Å². The number of carbonyl (C=O) groups excluding carboxylic acids is 1. The highest BCUT2D eigenvalue weighted by Gasteiger charge is 2.23. The third kappa shape index (κ3) is 3.19. The minimum atomic E-state index is 0.0321. The molecule has 2 rings (SSSR count). The number of nitrogens with one attached hydrogen (secondary N) is 3. The number of anilines is 1. The van der Waals surface area contributed by atoms with E-state index in [0.29, 0.717) is 24.9 Å². The predicted octanol–water partition coefficient (Wildman–Crippen LogP) is 0.431. The van der Waals surface area contributed by atoms with Gasteiger partial charge in [-0.25, -0.2) is 0 Å². The van der Waals surface area contributed by atoms with Crippen molar-refractivity contribution in [1.29, 1.82) is 0 Å². The first kappa shape index (κ1) is 12.8. The first-order chi connectivity index (χ1) is 8.69. The molecule has 1 aromatic rings. The van der Waals surface area contributed by atoms with E-state index >= 15 is 0 Å². The van der Waals surface area contributed by atoms with Crippen LogP contribution in [-0.4, -0.2) is 35.2 Å². The van der Waals surface area contributed by atoms with Gasteiger partial charge in [-0.15, -0.1) is 5.10 Å². The number of aromatic nitrogens is 2. The maximum atomic E-state index is 11.0. The molecular weight excluding hydrogens is 234 g/mol. The first-order valence-electron chi connectivity index (χ1n) is 6.29. The predicted molar refractivity (Wildman–Crippen MR) is 66.0 cm³/mol. The molecule has 0 aliphatic carbocycles. The highest BCUT2D eigenvalue weighted by atomic mass is 16.4. The molecule has 0 radical (unpaired) electrons. The van der Waals surface area contributed by atoms with Crippen molar-refractivity contribution >= 4 is 11.9 Å². The molecule has 18 heavy (non-hydrogen) atoms. The highest BCUT2D eigenvalue weighted by molar-refractivity contribution is 5.79. The Morgan fingerprint density at radius 2 is 2.39 bits per heavy atom. The minimum Gasteiger partial charge on any atom is -0.406 e. The average Bonchev–Trinajstić information content (AvgIpc) is 2.96. The SMILES string of the molecule is CCCNC(C)c1nnc(NC2CNC(=O)C2)o1. The maximum Gasteiger partial charge on any atom is 0.315 e. The quantitative estimate of drug-likeness (QED) is 0.681. The molecular formula is C11H19N5O2. The van der Waals surface area contributed by atoms with Crippen LogP contribution in [0.15, 0.2) is 4.42 Å². The van der Waals surface area contributed by atoms with Crippen LogP contribution in [0.1, 0.15) is 38.6 Å². The van der Waals surface area contributed by atoms with Gasteiger partial charge < -0.3 is 20.4 Å². The van der Waals surface area contributed by atoms with Gasteiger partial charge in [0.1, 0.15) is 0 Å². The molecule has 2 heterocycles. The number of amides is 1. The Morgan fingerprint density at radius 3 is 3.06 bits per heavy atom. The molecule has 1 aliphatic heterocycles. The van der Waals surface area contributed by atoms with E-state index in [-0.39, 0.29) is 18.0 Å². The van der Waals surface area contributed by atoms with Crippen molar-refractivity contribution in [2.75, 3.05) is 18.4 Å². The largest absolute Gasteiger partial charge is 0.406 e. The van der Waals surface area contributed by atoms with Gasteiger partial charge in [-0.3, -0.25) is 4.79 Å². The summed E-state index contributed by atoms with van der Waals surface area (Å²) in [5.74, 6) is 0.605. The zero-order valence-electron chi connectivity index (χ0n) is 10.7. The summed E-state index contributed by atoms with van der Waals surface area (Å²) in [5, 5.41) is 17.0. The lowest BCUT2D eigenvalue weighted by Gasteiger charge is -2.08. The molecule has 7 heteroatoms. The smallest absolute Gasteiger partial charge is 0.315 e. The monoisotopic (exact) mass is 253 g/mol. The summed E-state index contributed by atoms with van der Waals surface area (Å²) in [5.41, 5.74) is 0. The van der Waals surface area contributed by atoms with Crippen LogP contribution in [0.5, 0.6) is 0 Å². The van der Waals surface area contributed by atoms with E-state index in [1.807, 2.05) is 6.92 Å². The molecule has 1 aromatic heterocycles. The lowest BCUT2D eigenvalue weighted by atomic mass is 10.3. The fourth-order valence-corrected chi connectivity index (χ4v) is 1.80. The van der Waals surface area contributed by atoms with Crippen molar-refractivity contribution in [3.63, 3.8) is 0 Å². The Kier molecular flexibility index (Phi) is 4.14. The van der Waals surface area contributed by atoms with Crippen molar-refractivity contribution in [2.24, 2.45) is 0 Å². The molecule has 2 atom stereocenters. The summed E-state index contributed by atoms with van der Waals surface area (Å²) in [7, 11) is 0. The number of carbonyl (C=O) groups is 1. The van der Waals surface area contributed by atoms with Gasteiger partial charge in [-0.05, 0) is 19.9 Å². The number of nitrogens with zero attached hydrogens (tertiary/aromatic N) is 2. The van der Waals surface area contributed by atoms with E-state index in [9.17, 15) is 4.79 Å². The third-order valence-corrected chi connectivity index (χ3v) is 2.82. The topological polar surface area (TPSA) is 92.1 Å². The Bertz CT molecular complexity index is 406. The molecule has 0 bridgehead atoms. The Morgan fingerprint density at radius 1 is 1.56 bits per heavy atom. The Hall–Kier alpha value is -1.63.